The van der Waals surface area contributed by atoms with Crippen LogP contribution < -0.4 is 10.0 Å². The van der Waals surface area contributed by atoms with Gasteiger partial charge in [0, 0.05) is 13.2 Å². The molecule has 0 aromatic heterocycles. The molecule has 102 valence electrons. The standard InChI is InChI=1S/C9H18F2N2O3S/c10-9(11)17(14,15)13-4-1-7-16-8-2-5-12-6-3-8/h8-9,12-13H,1-7H2. The van der Waals surface area contributed by atoms with Gasteiger partial charge in [-0.2, -0.15) is 8.78 Å². The Balaban J connectivity index is 2.04. The SMILES string of the molecule is O=S(=O)(NCCCOC1CCNCC1)C(F)F. The van der Waals surface area contributed by atoms with Crippen LogP contribution in [0.5, 0.6) is 0 Å². The number of hydrogen-bond acceptors (Lipinski definition) is 4. The highest BCUT2D eigenvalue weighted by molar-refractivity contribution is 7.89. The summed E-state index contributed by atoms with van der Waals surface area (Å²) in [5.74, 6) is -3.37. The molecule has 0 bridgehead atoms. The Kier molecular flexibility index (Phi) is 6.24. The average Bonchev–Trinajstić information content (AvgIpc) is 2.29. The van der Waals surface area contributed by atoms with E-state index in [-0.39, 0.29) is 12.6 Å². The quantitative estimate of drug-likeness (QED) is 0.654. The van der Waals surface area contributed by atoms with Crippen molar-refractivity contribution < 1.29 is 21.9 Å². The molecule has 17 heavy (non-hydrogen) atoms. The third kappa shape index (κ3) is 5.71. The molecule has 1 rings (SSSR count). The highest BCUT2D eigenvalue weighted by atomic mass is 32.2. The summed E-state index contributed by atoms with van der Waals surface area (Å²) >= 11 is 0. The molecule has 1 fully saturated rings. The summed E-state index contributed by atoms with van der Waals surface area (Å²) in [6.07, 6.45) is 2.46. The molecule has 5 nitrogen and oxygen atoms in total. The number of hydrogen-bond donors (Lipinski definition) is 2. The van der Waals surface area contributed by atoms with E-state index in [2.05, 4.69) is 5.32 Å². The maximum absolute atomic E-state index is 11.9. The van der Waals surface area contributed by atoms with Gasteiger partial charge in [0.2, 0.25) is 0 Å². The minimum Gasteiger partial charge on any atom is -0.378 e. The molecule has 0 aromatic carbocycles. The zero-order valence-corrected chi connectivity index (χ0v) is 10.3. The highest BCUT2D eigenvalue weighted by Crippen LogP contribution is 2.07. The fraction of sp³-hybridized carbons (Fsp3) is 1.00. The van der Waals surface area contributed by atoms with E-state index in [1.807, 2.05) is 4.72 Å². The average molecular weight is 272 g/mol. The first kappa shape index (κ1) is 14.7. The van der Waals surface area contributed by atoms with Crippen LogP contribution in [0.25, 0.3) is 0 Å². The molecule has 2 N–H and O–H groups in total. The van der Waals surface area contributed by atoms with Crippen molar-refractivity contribution in [1.29, 1.82) is 0 Å². The molecule has 8 heteroatoms. The van der Waals surface area contributed by atoms with E-state index in [1.165, 1.54) is 0 Å². The van der Waals surface area contributed by atoms with Gasteiger partial charge in [-0.3, -0.25) is 0 Å². The lowest BCUT2D eigenvalue weighted by Gasteiger charge is -2.22. The molecule has 1 saturated heterocycles. The van der Waals surface area contributed by atoms with E-state index in [0.717, 1.165) is 25.9 Å². The van der Waals surface area contributed by atoms with Crippen molar-refractivity contribution in [3.05, 3.63) is 0 Å². The Morgan fingerprint density at radius 3 is 2.59 bits per heavy atom. The van der Waals surface area contributed by atoms with E-state index >= 15 is 0 Å². The fourth-order valence-electron chi connectivity index (χ4n) is 1.56. The first-order chi connectivity index (χ1) is 8.02. The second-order valence-electron chi connectivity index (χ2n) is 3.87. The van der Waals surface area contributed by atoms with E-state index in [4.69, 9.17) is 4.74 Å². The van der Waals surface area contributed by atoms with Crippen LogP contribution in [-0.4, -0.2) is 46.5 Å². The van der Waals surface area contributed by atoms with Crippen molar-refractivity contribution in [2.45, 2.75) is 31.1 Å². The van der Waals surface area contributed by atoms with Gasteiger partial charge in [-0.15, -0.1) is 0 Å². The van der Waals surface area contributed by atoms with Crippen molar-refractivity contribution in [2.75, 3.05) is 26.2 Å². The maximum atomic E-state index is 11.9. The molecule has 0 atom stereocenters. The summed E-state index contributed by atoms with van der Waals surface area (Å²) in [6.45, 7) is 2.21. The summed E-state index contributed by atoms with van der Waals surface area (Å²) in [7, 11) is -4.45. The van der Waals surface area contributed by atoms with Crippen molar-refractivity contribution in [3.8, 4) is 0 Å². The van der Waals surface area contributed by atoms with E-state index in [0.29, 0.717) is 13.0 Å². The zero-order valence-electron chi connectivity index (χ0n) is 9.49. The normalized spacial score (nSPS) is 18.8. The first-order valence-electron chi connectivity index (χ1n) is 5.61. The molecule has 0 aliphatic carbocycles. The Labute approximate surface area is 100.0 Å². The van der Waals surface area contributed by atoms with E-state index < -0.39 is 15.8 Å². The Bertz CT molecular complexity index is 305. The van der Waals surface area contributed by atoms with E-state index in [1.54, 1.807) is 0 Å². The predicted molar refractivity (Wildman–Crippen MR) is 59.4 cm³/mol. The van der Waals surface area contributed by atoms with Gasteiger partial charge in [-0.05, 0) is 32.4 Å². The molecule has 0 radical (unpaired) electrons. The van der Waals surface area contributed by atoms with Gasteiger partial charge in [-0.25, -0.2) is 13.1 Å². The summed E-state index contributed by atoms with van der Waals surface area (Å²) in [4.78, 5) is 0. The lowest BCUT2D eigenvalue weighted by atomic mass is 10.1. The number of nitrogens with one attached hydrogen (secondary N) is 2. The first-order valence-corrected chi connectivity index (χ1v) is 7.16. The second-order valence-corrected chi connectivity index (χ2v) is 5.61. The minimum atomic E-state index is -4.45. The summed E-state index contributed by atoms with van der Waals surface area (Å²) in [5.41, 5.74) is 0. The Morgan fingerprint density at radius 2 is 2.00 bits per heavy atom. The van der Waals surface area contributed by atoms with Crippen molar-refractivity contribution >= 4 is 10.0 Å². The second kappa shape index (κ2) is 7.20. The molecular formula is C9H18F2N2O3S. The van der Waals surface area contributed by atoms with Crippen molar-refractivity contribution in [3.63, 3.8) is 0 Å². The maximum Gasteiger partial charge on any atom is 0.350 e. The van der Waals surface area contributed by atoms with Gasteiger partial charge in [0.25, 0.3) is 10.0 Å². The summed E-state index contributed by atoms with van der Waals surface area (Å²) < 4.78 is 52.5. The van der Waals surface area contributed by atoms with Crippen LogP contribution in [0.15, 0.2) is 0 Å². The number of alkyl halides is 2. The van der Waals surface area contributed by atoms with Gasteiger partial charge in [0.15, 0.2) is 0 Å². The smallest absolute Gasteiger partial charge is 0.350 e. The van der Waals surface area contributed by atoms with Crippen LogP contribution in [0, 0.1) is 0 Å². The molecule has 0 spiro atoms. The fourth-order valence-corrected chi connectivity index (χ4v) is 2.12. The topological polar surface area (TPSA) is 67.4 Å². The van der Waals surface area contributed by atoms with Crippen LogP contribution in [0.2, 0.25) is 0 Å². The molecule has 1 aliphatic rings. The molecule has 0 unspecified atom stereocenters. The van der Waals surface area contributed by atoms with Crippen molar-refractivity contribution in [1.82, 2.24) is 10.0 Å². The lowest BCUT2D eigenvalue weighted by molar-refractivity contribution is 0.0322. The zero-order chi connectivity index (χ0) is 12.7. The van der Waals surface area contributed by atoms with Crippen molar-refractivity contribution in [2.24, 2.45) is 0 Å². The number of rotatable bonds is 7. The number of piperidine rings is 1. The van der Waals surface area contributed by atoms with Crippen LogP contribution in [-0.2, 0) is 14.8 Å². The van der Waals surface area contributed by atoms with Crippen LogP contribution >= 0.6 is 0 Å². The van der Waals surface area contributed by atoms with Crippen LogP contribution in [0.3, 0.4) is 0 Å². The predicted octanol–water partition coefficient (Wildman–Crippen LogP) is 0.287. The number of halogens is 2. The van der Waals surface area contributed by atoms with Crippen LogP contribution in [0.1, 0.15) is 19.3 Å². The lowest BCUT2D eigenvalue weighted by Crippen LogP contribution is -2.33. The van der Waals surface area contributed by atoms with Gasteiger partial charge < -0.3 is 10.1 Å². The third-order valence-corrected chi connectivity index (χ3v) is 3.57. The molecule has 1 aliphatic heterocycles. The number of ether oxygens (including phenoxy) is 1. The Hall–Kier alpha value is -0.310. The highest BCUT2D eigenvalue weighted by Gasteiger charge is 2.22. The minimum absolute atomic E-state index is 0.0162. The monoisotopic (exact) mass is 272 g/mol. The summed E-state index contributed by atoms with van der Waals surface area (Å²) in [5, 5.41) is 3.19. The van der Waals surface area contributed by atoms with Gasteiger partial charge in [0.1, 0.15) is 0 Å². The molecule has 0 aromatic rings. The molecule has 0 amide bonds. The van der Waals surface area contributed by atoms with Gasteiger partial charge in [0.05, 0.1) is 6.10 Å². The molecule has 0 saturated carbocycles. The van der Waals surface area contributed by atoms with Gasteiger partial charge >= 0.3 is 5.76 Å². The van der Waals surface area contributed by atoms with Gasteiger partial charge in [-0.1, -0.05) is 0 Å². The molecule has 1 heterocycles. The van der Waals surface area contributed by atoms with E-state index in [9.17, 15) is 17.2 Å². The third-order valence-electron chi connectivity index (χ3n) is 2.50. The molecular weight excluding hydrogens is 254 g/mol. The largest absolute Gasteiger partial charge is 0.378 e. The Morgan fingerprint density at radius 1 is 1.35 bits per heavy atom. The number of sulfonamides is 1. The van der Waals surface area contributed by atoms with Crippen LogP contribution in [0.4, 0.5) is 8.78 Å². The summed E-state index contributed by atoms with van der Waals surface area (Å²) in [6, 6.07) is 0.